The summed E-state index contributed by atoms with van der Waals surface area (Å²) in [4.78, 5) is 10.6. The Morgan fingerprint density at radius 1 is 1.31 bits per heavy atom. The van der Waals surface area contributed by atoms with Crippen LogP contribution in [-0.2, 0) is 11.3 Å². The zero-order chi connectivity index (χ0) is 12.3. The zero-order valence-corrected chi connectivity index (χ0v) is 8.98. The Hall–Kier alpha value is -1.52. The quantitative estimate of drug-likeness (QED) is 0.832. The van der Waals surface area contributed by atoms with E-state index >= 15 is 0 Å². The zero-order valence-electron chi connectivity index (χ0n) is 8.98. The molecule has 88 valence electrons. The number of halogens is 3. The lowest BCUT2D eigenvalue weighted by Gasteiger charge is -2.10. The number of carbonyl (C=O) groups is 1. The molecule has 2 nitrogen and oxygen atoms in total. The largest absolute Gasteiger partial charge is 0.471 e. The van der Waals surface area contributed by atoms with E-state index in [9.17, 15) is 18.0 Å². The molecule has 0 aliphatic rings. The van der Waals surface area contributed by atoms with Crippen LogP contribution in [0.5, 0.6) is 0 Å². The monoisotopic (exact) mass is 231 g/mol. The maximum atomic E-state index is 11.9. The molecular weight excluding hydrogens is 219 g/mol. The fourth-order valence-electron chi connectivity index (χ4n) is 1.27. The van der Waals surface area contributed by atoms with Crippen molar-refractivity contribution in [3.63, 3.8) is 0 Å². The lowest BCUT2D eigenvalue weighted by molar-refractivity contribution is -0.173. The molecule has 1 aromatic carbocycles. The second-order valence-electron chi connectivity index (χ2n) is 3.61. The van der Waals surface area contributed by atoms with Crippen LogP contribution >= 0.6 is 0 Å². The van der Waals surface area contributed by atoms with Gasteiger partial charge in [-0.25, -0.2) is 0 Å². The summed E-state index contributed by atoms with van der Waals surface area (Å²) in [6, 6.07) is 5.43. The van der Waals surface area contributed by atoms with Gasteiger partial charge in [-0.2, -0.15) is 13.2 Å². The van der Waals surface area contributed by atoms with Crippen LogP contribution < -0.4 is 5.32 Å². The second kappa shape index (κ2) is 4.55. The average Bonchev–Trinajstić information content (AvgIpc) is 2.17. The van der Waals surface area contributed by atoms with Crippen LogP contribution in [-0.4, -0.2) is 12.1 Å². The van der Waals surface area contributed by atoms with E-state index in [2.05, 4.69) is 0 Å². The number of rotatable bonds is 2. The summed E-state index contributed by atoms with van der Waals surface area (Å²) in [6.45, 7) is 3.52. The molecule has 0 saturated carbocycles. The Morgan fingerprint density at radius 3 is 2.50 bits per heavy atom. The summed E-state index contributed by atoms with van der Waals surface area (Å²) >= 11 is 0. The van der Waals surface area contributed by atoms with Crippen molar-refractivity contribution in [3.05, 3.63) is 34.9 Å². The molecule has 1 rings (SSSR count). The Labute approximate surface area is 91.5 Å². The van der Waals surface area contributed by atoms with Crippen LogP contribution in [0.1, 0.15) is 16.7 Å². The Kier molecular flexibility index (Phi) is 3.57. The molecule has 0 saturated heterocycles. The van der Waals surface area contributed by atoms with Crippen LogP contribution in [0.25, 0.3) is 0 Å². The predicted octanol–water partition coefficient (Wildman–Crippen LogP) is 2.48. The van der Waals surface area contributed by atoms with Gasteiger partial charge < -0.3 is 5.32 Å². The van der Waals surface area contributed by atoms with E-state index in [1.807, 2.05) is 24.4 Å². The molecule has 1 amide bonds. The van der Waals surface area contributed by atoms with E-state index in [1.165, 1.54) is 0 Å². The van der Waals surface area contributed by atoms with Crippen molar-refractivity contribution in [2.24, 2.45) is 0 Å². The van der Waals surface area contributed by atoms with Gasteiger partial charge in [-0.1, -0.05) is 23.8 Å². The number of carbonyl (C=O) groups excluding carboxylic acids is 1. The maximum Gasteiger partial charge on any atom is 0.471 e. The Bertz CT molecular complexity index is 399. The molecule has 0 aromatic heterocycles. The van der Waals surface area contributed by atoms with Gasteiger partial charge in [0, 0.05) is 6.54 Å². The molecule has 0 radical (unpaired) electrons. The molecule has 1 aromatic rings. The minimum Gasteiger partial charge on any atom is -0.344 e. The first-order chi connectivity index (χ1) is 7.30. The van der Waals surface area contributed by atoms with Crippen molar-refractivity contribution in [3.8, 4) is 0 Å². The molecule has 1 N–H and O–H groups in total. The smallest absolute Gasteiger partial charge is 0.344 e. The third kappa shape index (κ3) is 3.25. The van der Waals surface area contributed by atoms with Crippen molar-refractivity contribution in [2.75, 3.05) is 0 Å². The van der Waals surface area contributed by atoms with Gasteiger partial charge in [-0.15, -0.1) is 0 Å². The summed E-state index contributed by atoms with van der Waals surface area (Å²) in [7, 11) is 0. The molecule has 0 aliphatic heterocycles. The van der Waals surface area contributed by atoms with E-state index in [1.54, 1.807) is 13.0 Å². The van der Waals surface area contributed by atoms with Gasteiger partial charge in [0.05, 0.1) is 0 Å². The maximum absolute atomic E-state index is 11.9. The standard InChI is InChI=1S/C11H12F3NO/c1-7-3-4-8(2)9(5-7)6-15-10(16)11(12,13)14/h3-5H,6H2,1-2H3,(H,15,16). The fourth-order valence-corrected chi connectivity index (χ4v) is 1.27. The van der Waals surface area contributed by atoms with Crippen molar-refractivity contribution in [2.45, 2.75) is 26.6 Å². The van der Waals surface area contributed by atoms with Crippen LogP contribution in [0.4, 0.5) is 13.2 Å². The van der Waals surface area contributed by atoms with Gasteiger partial charge in [0.25, 0.3) is 0 Å². The van der Waals surface area contributed by atoms with Crippen LogP contribution in [0.15, 0.2) is 18.2 Å². The number of hydrogen-bond donors (Lipinski definition) is 1. The lowest BCUT2D eigenvalue weighted by Crippen LogP contribution is -2.36. The number of nitrogens with one attached hydrogen (secondary N) is 1. The molecule has 0 heterocycles. The number of alkyl halides is 3. The number of aryl methyl sites for hydroxylation is 2. The van der Waals surface area contributed by atoms with Gasteiger partial charge in [-0.3, -0.25) is 4.79 Å². The Balaban J connectivity index is 2.68. The van der Waals surface area contributed by atoms with Crippen molar-refractivity contribution in [1.82, 2.24) is 5.32 Å². The molecule has 0 fully saturated rings. The normalized spacial score (nSPS) is 11.3. The molecule has 16 heavy (non-hydrogen) atoms. The SMILES string of the molecule is Cc1ccc(C)c(CNC(=O)C(F)(F)F)c1. The van der Waals surface area contributed by atoms with Gasteiger partial charge >= 0.3 is 12.1 Å². The highest BCUT2D eigenvalue weighted by molar-refractivity contribution is 5.81. The van der Waals surface area contributed by atoms with E-state index < -0.39 is 12.1 Å². The first kappa shape index (κ1) is 12.5. The first-order valence-electron chi connectivity index (χ1n) is 4.72. The van der Waals surface area contributed by atoms with Crippen LogP contribution in [0.3, 0.4) is 0 Å². The highest BCUT2D eigenvalue weighted by atomic mass is 19.4. The molecule has 0 aliphatic carbocycles. The molecule has 5 heteroatoms. The fraction of sp³-hybridized carbons (Fsp3) is 0.364. The highest BCUT2D eigenvalue weighted by Crippen LogP contribution is 2.15. The molecule has 0 atom stereocenters. The molecule has 0 spiro atoms. The van der Waals surface area contributed by atoms with E-state index in [-0.39, 0.29) is 6.54 Å². The van der Waals surface area contributed by atoms with Gasteiger partial charge in [0.2, 0.25) is 0 Å². The third-order valence-corrected chi connectivity index (χ3v) is 2.20. The van der Waals surface area contributed by atoms with Crippen molar-refractivity contribution < 1.29 is 18.0 Å². The highest BCUT2D eigenvalue weighted by Gasteiger charge is 2.38. The van der Waals surface area contributed by atoms with Gasteiger partial charge in [0.1, 0.15) is 0 Å². The second-order valence-corrected chi connectivity index (χ2v) is 3.61. The average molecular weight is 231 g/mol. The first-order valence-corrected chi connectivity index (χ1v) is 4.72. The van der Waals surface area contributed by atoms with Crippen molar-refractivity contribution >= 4 is 5.91 Å². The number of hydrogen-bond acceptors (Lipinski definition) is 1. The summed E-state index contributed by atoms with van der Waals surface area (Å²) < 4.78 is 35.8. The minimum absolute atomic E-state index is 0.105. The van der Waals surface area contributed by atoms with E-state index in [0.29, 0.717) is 5.56 Å². The number of amides is 1. The van der Waals surface area contributed by atoms with Crippen molar-refractivity contribution in [1.29, 1.82) is 0 Å². The Morgan fingerprint density at radius 2 is 1.94 bits per heavy atom. The minimum atomic E-state index is -4.82. The molecule has 0 bridgehead atoms. The summed E-state index contributed by atoms with van der Waals surface area (Å²) in [5, 5.41) is 1.84. The lowest BCUT2D eigenvalue weighted by atomic mass is 10.1. The number of benzene rings is 1. The third-order valence-electron chi connectivity index (χ3n) is 2.20. The predicted molar refractivity (Wildman–Crippen MR) is 53.8 cm³/mol. The van der Waals surface area contributed by atoms with E-state index in [4.69, 9.17) is 0 Å². The molecular formula is C11H12F3NO. The van der Waals surface area contributed by atoms with Crippen LogP contribution in [0, 0.1) is 13.8 Å². The van der Waals surface area contributed by atoms with Crippen LogP contribution in [0.2, 0.25) is 0 Å². The van der Waals surface area contributed by atoms with E-state index in [0.717, 1.165) is 11.1 Å². The summed E-state index contributed by atoms with van der Waals surface area (Å²) in [5.41, 5.74) is 2.49. The topological polar surface area (TPSA) is 29.1 Å². The van der Waals surface area contributed by atoms with Gasteiger partial charge in [-0.05, 0) is 25.0 Å². The van der Waals surface area contributed by atoms with Gasteiger partial charge in [0.15, 0.2) is 0 Å². The summed E-state index contributed by atoms with van der Waals surface area (Å²) in [6.07, 6.45) is -4.82. The molecule has 0 unspecified atom stereocenters. The summed E-state index contributed by atoms with van der Waals surface area (Å²) in [5.74, 6) is -1.91.